The lowest BCUT2D eigenvalue weighted by Gasteiger charge is -2.04. The minimum atomic E-state index is 0.618. The van der Waals surface area contributed by atoms with Gasteiger partial charge in [-0.1, -0.05) is 42.0 Å². The topological polar surface area (TPSA) is 64.7 Å². The smallest absolute Gasteiger partial charge is 0.237 e. The molecule has 0 amide bonds. The summed E-state index contributed by atoms with van der Waals surface area (Å²) in [5.41, 5.74) is 0.960. The third kappa shape index (κ3) is 2.65. The van der Waals surface area contributed by atoms with Crippen molar-refractivity contribution < 1.29 is 4.52 Å². The van der Waals surface area contributed by atoms with Crippen LogP contribution in [0.4, 0.5) is 0 Å². The molecule has 0 aliphatic rings. The zero-order valence-corrected chi connectivity index (χ0v) is 12.1. The predicted octanol–water partition coefficient (Wildman–Crippen LogP) is 3.18. The Labute approximate surface area is 120 Å². The quantitative estimate of drug-likeness (QED) is 0.542. The first-order chi connectivity index (χ1) is 9.76. The van der Waals surface area contributed by atoms with Crippen molar-refractivity contribution >= 4 is 22.7 Å². The first-order valence-corrected chi connectivity index (χ1v) is 7.42. The number of aryl methyl sites for hydroxylation is 2. The number of benzene rings is 1. The van der Waals surface area contributed by atoms with Gasteiger partial charge >= 0.3 is 0 Å². The van der Waals surface area contributed by atoms with Gasteiger partial charge in [0.1, 0.15) is 10.9 Å². The highest BCUT2D eigenvalue weighted by Crippen LogP contribution is 2.27. The Morgan fingerprint density at radius 3 is 2.80 bits per heavy atom. The summed E-state index contributed by atoms with van der Waals surface area (Å²) >= 11 is 1.59. The van der Waals surface area contributed by atoms with Crippen molar-refractivity contribution in [3.63, 3.8) is 0 Å². The molecule has 102 valence electrons. The summed E-state index contributed by atoms with van der Waals surface area (Å²) in [5, 5.41) is 5.90. The Kier molecular flexibility index (Phi) is 3.64. The van der Waals surface area contributed by atoms with Gasteiger partial charge in [0.05, 0.1) is 11.3 Å². The fourth-order valence-electron chi connectivity index (χ4n) is 1.89. The molecule has 2 aromatic heterocycles. The van der Waals surface area contributed by atoms with E-state index in [0.29, 0.717) is 11.6 Å². The molecule has 0 aliphatic carbocycles. The molecule has 0 saturated heterocycles. The molecule has 5 nitrogen and oxygen atoms in total. The van der Waals surface area contributed by atoms with E-state index in [1.165, 1.54) is 0 Å². The van der Waals surface area contributed by atoms with Gasteiger partial charge in [-0.25, -0.2) is 9.97 Å². The van der Waals surface area contributed by atoms with Crippen LogP contribution in [0.1, 0.15) is 24.5 Å². The summed E-state index contributed by atoms with van der Waals surface area (Å²) in [6, 6.07) is 8.00. The van der Waals surface area contributed by atoms with Crippen LogP contribution in [0.15, 0.2) is 33.8 Å². The van der Waals surface area contributed by atoms with Crippen LogP contribution in [-0.4, -0.2) is 20.1 Å². The summed E-state index contributed by atoms with van der Waals surface area (Å²) in [6.07, 6.45) is 0.781. The van der Waals surface area contributed by atoms with Gasteiger partial charge in [-0.05, 0) is 13.0 Å². The van der Waals surface area contributed by atoms with Crippen LogP contribution in [-0.2, 0) is 12.2 Å². The van der Waals surface area contributed by atoms with Crippen LogP contribution >= 0.6 is 11.8 Å². The third-order valence-electron chi connectivity index (χ3n) is 2.84. The molecule has 0 atom stereocenters. The van der Waals surface area contributed by atoms with Crippen molar-refractivity contribution in [1.29, 1.82) is 0 Å². The van der Waals surface area contributed by atoms with Gasteiger partial charge in [-0.3, -0.25) is 0 Å². The van der Waals surface area contributed by atoms with Crippen molar-refractivity contribution in [1.82, 2.24) is 20.1 Å². The Morgan fingerprint density at radius 2 is 2.00 bits per heavy atom. The predicted molar refractivity (Wildman–Crippen MR) is 77.5 cm³/mol. The Hall–Kier alpha value is -1.95. The van der Waals surface area contributed by atoms with E-state index in [1.54, 1.807) is 11.8 Å². The zero-order chi connectivity index (χ0) is 13.9. The van der Waals surface area contributed by atoms with Crippen molar-refractivity contribution in [2.75, 3.05) is 0 Å². The standard InChI is InChI=1S/C14H14N4OS/c1-3-12-17-13(19-18-12)8-20-14-10-6-4-5-7-11(10)15-9(2)16-14/h4-7H,3,8H2,1-2H3. The van der Waals surface area contributed by atoms with Crippen LogP contribution in [0.5, 0.6) is 0 Å². The molecule has 0 N–H and O–H groups in total. The van der Waals surface area contributed by atoms with Crippen LogP contribution in [0, 0.1) is 6.92 Å². The number of para-hydroxylation sites is 1. The molecule has 6 heteroatoms. The average molecular weight is 286 g/mol. The van der Waals surface area contributed by atoms with E-state index < -0.39 is 0 Å². The highest BCUT2D eigenvalue weighted by Gasteiger charge is 2.09. The normalized spacial score (nSPS) is 11.1. The number of aromatic nitrogens is 4. The van der Waals surface area contributed by atoms with Gasteiger partial charge in [-0.15, -0.1) is 0 Å². The molecule has 3 aromatic rings. The number of thioether (sulfide) groups is 1. The van der Waals surface area contributed by atoms with Crippen LogP contribution in [0.2, 0.25) is 0 Å². The number of hydrogen-bond donors (Lipinski definition) is 0. The fraction of sp³-hybridized carbons (Fsp3) is 0.286. The van der Waals surface area contributed by atoms with E-state index in [4.69, 9.17) is 4.52 Å². The minimum Gasteiger partial charge on any atom is -0.338 e. The Bertz CT molecular complexity index is 741. The van der Waals surface area contributed by atoms with Crippen LogP contribution in [0.25, 0.3) is 10.9 Å². The second kappa shape index (κ2) is 5.58. The molecule has 0 aliphatic heterocycles. The van der Waals surface area contributed by atoms with Gasteiger partial charge in [-0.2, -0.15) is 4.98 Å². The minimum absolute atomic E-state index is 0.618. The fourth-order valence-corrected chi connectivity index (χ4v) is 2.79. The first-order valence-electron chi connectivity index (χ1n) is 6.44. The highest BCUT2D eigenvalue weighted by atomic mass is 32.2. The molecule has 0 fully saturated rings. The van der Waals surface area contributed by atoms with E-state index in [1.807, 2.05) is 38.1 Å². The SMILES string of the molecule is CCc1noc(CSc2nc(C)nc3ccccc23)n1. The second-order valence-electron chi connectivity index (χ2n) is 4.34. The third-order valence-corrected chi connectivity index (χ3v) is 3.81. The van der Waals surface area contributed by atoms with E-state index in [-0.39, 0.29) is 0 Å². The summed E-state index contributed by atoms with van der Waals surface area (Å²) in [6.45, 7) is 3.90. The summed E-state index contributed by atoms with van der Waals surface area (Å²) in [7, 11) is 0. The van der Waals surface area contributed by atoms with Gasteiger partial charge < -0.3 is 4.52 Å². The largest absolute Gasteiger partial charge is 0.338 e. The molecule has 0 radical (unpaired) electrons. The summed E-state index contributed by atoms with van der Waals surface area (Å²) < 4.78 is 5.19. The lowest BCUT2D eigenvalue weighted by atomic mass is 10.2. The van der Waals surface area contributed by atoms with Crippen molar-refractivity contribution in [2.45, 2.75) is 31.0 Å². The lowest BCUT2D eigenvalue weighted by molar-refractivity contribution is 0.385. The molecule has 0 spiro atoms. The maximum atomic E-state index is 5.19. The van der Waals surface area contributed by atoms with Gasteiger partial charge in [0, 0.05) is 11.8 Å². The second-order valence-corrected chi connectivity index (χ2v) is 5.30. The first kappa shape index (κ1) is 13.1. The van der Waals surface area contributed by atoms with Crippen LogP contribution in [0.3, 0.4) is 0 Å². The van der Waals surface area contributed by atoms with Crippen molar-refractivity contribution in [3.05, 3.63) is 41.8 Å². The molecular formula is C14H14N4OS. The maximum Gasteiger partial charge on any atom is 0.237 e. The molecule has 1 aromatic carbocycles. The molecule has 0 bridgehead atoms. The van der Waals surface area contributed by atoms with Crippen molar-refractivity contribution in [2.24, 2.45) is 0 Å². The number of rotatable bonds is 4. The van der Waals surface area contributed by atoms with Gasteiger partial charge in [0.25, 0.3) is 0 Å². The summed E-state index contributed by atoms with van der Waals surface area (Å²) in [5.74, 6) is 2.76. The van der Waals surface area contributed by atoms with E-state index in [9.17, 15) is 0 Å². The Balaban J connectivity index is 1.86. The van der Waals surface area contributed by atoms with Gasteiger partial charge in [0.2, 0.25) is 5.89 Å². The highest BCUT2D eigenvalue weighted by molar-refractivity contribution is 7.98. The van der Waals surface area contributed by atoms with Crippen molar-refractivity contribution in [3.8, 4) is 0 Å². The lowest BCUT2D eigenvalue weighted by Crippen LogP contribution is -1.93. The Morgan fingerprint density at radius 1 is 1.15 bits per heavy atom. The number of hydrogen-bond acceptors (Lipinski definition) is 6. The van der Waals surface area contributed by atoms with Crippen LogP contribution < -0.4 is 0 Å². The molecule has 0 unspecified atom stereocenters. The maximum absolute atomic E-state index is 5.19. The monoisotopic (exact) mass is 286 g/mol. The average Bonchev–Trinajstić information content (AvgIpc) is 2.92. The zero-order valence-electron chi connectivity index (χ0n) is 11.3. The van der Waals surface area contributed by atoms with E-state index in [0.717, 1.165) is 34.0 Å². The molecule has 0 saturated carbocycles. The van der Waals surface area contributed by atoms with E-state index in [2.05, 4.69) is 20.1 Å². The molecule has 20 heavy (non-hydrogen) atoms. The molecule has 3 rings (SSSR count). The summed E-state index contributed by atoms with van der Waals surface area (Å²) in [4.78, 5) is 13.2. The van der Waals surface area contributed by atoms with Gasteiger partial charge in [0.15, 0.2) is 5.82 Å². The molecule has 2 heterocycles. The van der Waals surface area contributed by atoms with E-state index >= 15 is 0 Å². The number of fused-ring (bicyclic) bond motifs is 1. The molecular weight excluding hydrogens is 272 g/mol. The number of nitrogens with zero attached hydrogens (tertiary/aromatic N) is 4.